The highest BCUT2D eigenvalue weighted by molar-refractivity contribution is 7.90. The number of ketones is 1. The first kappa shape index (κ1) is 24.6. The fourth-order valence-corrected chi connectivity index (χ4v) is 6.65. The minimum atomic E-state index is -1.39. The van der Waals surface area contributed by atoms with Gasteiger partial charge in [-0.15, -0.1) is 11.3 Å². The van der Waals surface area contributed by atoms with E-state index in [0.717, 1.165) is 44.2 Å². The second-order valence-electron chi connectivity index (χ2n) is 10.8. The summed E-state index contributed by atoms with van der Waals surface area (Å²) in [5.41, 5.74) is 5.70. The zero-order chi connectivity index (χ0) is 25.1. The summed E-state index contributed by atoms with van der Waals surface area (Å²) < 4.78 is 13.5. The highest BCUT2D eigenvalue weighted by atomic mass is 32.2. The van der Waals surface area contributed by atoms with Crippen LogP contribution in [0.25, 0.3) is 5.69 Å². The molecular weight excluding hydrogens is 480 g/mol. The Morgan fingerprint density at radius 2 is 2.06 bits per heavy atom. The number of nitrogens with zero attached hydrogens (tertiary/aromatic N) is 3. The number of carbonyl (C=O) groups excluding carboxylic acids is 1. The molecule has 0 saturated carbocycles. The van der Waals surface area contributed by atoms with Gasteiger partial charge in [-0.1, -0.05) is 6.07 Å². The van der Waals surface area contributed by atoms with Crippen molar-refractivity contribution in [3.63, 3.8) is 0 Å². The second kappa shape index (κ2) is 8.81. The number of aromatic nitrogens is 3. The van der Waals surface area contributed by atoms with Crippen molar-refractivity contribution in [2.75, 3.05) is 0 Å². The van der Waals surface area contributed by atoms with Crippen molar-refractivity contribution in [1.82, 2.24) is 14.8 Å². The summed E-state index contributed by atoms with van der Waals surface area (Å²) in [4.78, 5) is 17.8. The predicted molar refractivity (Wildman–Crippen MR) is 138 cm³/mol. The van der Waals surface area contributed by atoms with Crippen LogP contribution in [0.15, 0.2) is 24.5 Å². The monoisotopic (exact) mass is 512 g/mol. The second-order valence-corrected chi connectivity index (χ2v) is 13.6. The fourth-order valence-electron chi connectivity index (χ4n) is 5.41. The number of carbonyl (C=O) groups is 1. The normalized spacial score (nSPS) is 18.5. The minimum absolute atomic E-state index is 0.189. The smallest absolute Gasteiger partial charge is 0.224 e. The Bertz CT molecular complexity index is 1290. The molecule has 2 aliphatic rings. The Balaban J connectivity index is 1.51. The molecule has 0 fully saturated rings. The largest absolute Gasteiger partial charge is 0.598 e. The third-order valence-corrected chi connectivity index (χ3v) is 9.84. The number of benzene rings is 1. The van der Waals surface area contributed by atoms with Gasteiger partial charge in [-0.3, -0.25) is 4.79 Å². The molecule has 0 spiro atoms. The van der Waals surface area contributed by atoms with Crippen LogP contribution in [0.4, 0.5) is 0 Å². The fraction of sp³-hybridized carbons (Fsp3) is 0.500. The van der Waals surface area contributed by atoms with E-state index in [1.165, 1.54) is 39.8 Å². The number of aryl methyl sites for hydroxylation is 1. The van der Waals surface area contributed by atoms with Gasteiger partial charge in [0.1, 0.15) is 21.0 Å². The Hall–Kier alpha value is -2.04. The number of hydrogen-bond acceptors (Lipinski definition) is 7. The van der Waals surface area contributed by atoms with Gasteiger partial charge >= 0.3 is 0 Å². The average molecular weight is 513 g/mol. The molecule has 35 heavy (non-hydrogen) atoms. The van der Waals surface area contributed by atoms with E-state index in [4.69, 9.17) is 10.2 Å². The lowest BCUT2D eigenvalue weighted by Crippen LogP contribution is -2.38. The van der Waals surface area contributed by atoms with E-state index in [2.05, 4.69) is 11.1 Å². The van der Waals surface area contributed by atoms with Gasteiger partial charge in [-0.2, -0.15) is 10.2 Å². The maximum atomic E-state index is 13.1. The summed E-state index contributed by atoms with van der Waals surface area (Å²) >= 11 is -0.187. The van der Waals surface area contributed by atoms with Gasteiger partial charge in [-0.05, 0) is 94.0 Å². The number of nitrogens with two attached hydrogens (primary N) is 1. The standard InChI is InChI=1S/C26H32N4O3S2/c1-25(2,35(27)33)13-16-8-9-18-19(16)12-15-6-5-7-17(15)22(18)30-11-10-20(29-30)23(31)21-14-28-24(34-21)26(3,4)32/h10-12,14,16,32H,5-9,13,27H2,1-4H3. The van der Waals surface area contributed by atoms with Crippen LogP contribution in [-0.4, -0.2) is 35.0 Å². The molecule has 186 valence electrons. The molecule has 3 aromatic rings. The van der Waals surface area contributed by atoms with Crippen molar-refractivity contribution in [1.29, 1.82) is 0 Å². The molecule has 0 amide bonds. The molecule has 9 heteroatoms. The molecule has 0 aliphatic heterocycles. The van der Waals surface area contributed by atoms with E-state index >= 15 is 0 Å². The van der Waals surface area contributed by atoms with E-state index in [-0.39, 0.29) is 5.78 Å². The highest BCUT2D eigenvalue weighted by Gasteiger charge is 2.38. The Labute approximate surface area is 213 Å². The number of thiazole rings is 1. The first-order valence-corrected chi connectivity index (χ1v) is 14.1. The quantitative estimate of drug-likeness (QED) is 0.364. The number of rotatable bonds is 7. The first-order valence-electron chi connectivity index (χ1n) is 12.1. The molecule has 0 radical (unpaired) electrons. The predicted octanol–water partition coefficient (Wildman–Crippen LogP) is 4.10. The molecule has 5 rings (SSSR count). The summed E-state index contributed by atoms with van der Waals surface area (Å²) in [6.45, 7) is 7.27. The van der Waals surface area contributed by atoms with E-state index in [9.17, 15) is 14.5 Å². The van der Waals surface area contributed by atoms with Crippen LogP contribution < -0.4 is 5.14 Å². The SMILES string of the molecule is CC(C)(O)c1ncc(C(=O)c2ccn(-c3c4c(cc5c3CCC5CC(C)(C)[S+](N)[O-])CCC4)n2)s1. The van der Waals surface area contributed by atoms with Gasteiger partial charge in [-0.25, -0.2) is 9.67 Å². The van der Waals surface area contributed by atoms with Crippen LogP contribution >= 0.6 is 11.3 Å². The van der Waals surface area contributed by atoms with Gasteiger partial charge in [0.25, 0.3) is 0 Å². The van der Waals surface area contributed by atoms with Gasteiger partial charge in [0.05, 0.1) is 10.6 Å². The molecule has 1 aromatic carbocycles. The maximum Gasteiger partial charge on any atom is 0.224 e. The Morgan fingerprint density at radius 3 is 2.74 bits per heavy atom. The van der Waals surface area contributed by atoms with Gasteiger partial charge in [0.15, 0.2) is 0 Å². The van der Waals surface area contributed by atoms with Crippen molar-refractivity contribution in [2.24, 2.45) is 5.14 Å². The molecule has 2 aromatic heterocycles. The van der Waals surface area contributed by atoms with Crippen LogP contribution in [0.3, 0.4) is 0 Å². The van der Waals surface area contributed by atoms with Gasteiger partial charge in [0, 0.05) is 30.2 Å². The molecule has 2 heterocycles. The number of aliphatic hydroxyl groups is 1. The lowest BCUT2D eigenvalue weighted by atomic mass is 9.89. The van der Waals surface area contributed by atoms with Crippen LogP contribution in [0.1, 0.15) is 95.5 Å². The van der Waals surface area contributed by atoms with E-state index < -0.39 is 21.7 Å². The summed E-state index contributed by atoms with van der Waals surface area (Å²) in [6.07, 6.45) is 9.27. The van der Waals surface area contributed by atoms with Crippen molar-refractivity contribution in [3.05, 3.63) is 62.4 Å². The molecule has 7 nitrogen and oxygen atoms in total. The average Bonchev–Trinajstić information content (AvgIpc) is 3.56. The molecule has 0 saturated heterocycles. The van der Waals surface area contributed by atoms with E-state index in [1.54, 1.807) is 19.9 Å². The van der Waals surface area contributed by atoms with Crippen LogP contribution in [0.2, 0.25) is 0 Å². The molecule has 2 atom stereocenters. The summed E-state index contributed by atoms with van der Waals surface area (Å²) in [5, 5.41) is 21.2. The van der Waals surface area contributed by atoms with Crippen molar-refractivity contribution < 1.29 is 14.5 Å². The summed E-state index contributed by atoms with van der Waals surface area (Å²) in [5.74, 6) is 0.122. The maximum absolute atomic E-state index is 13.1. The lowest BCUT2D eigenvalue weighted by Gasteiger charge is -2.28. The van der Waals surface area contributed by atoms with E-state index in [0.29, 0.717) is 21.5 Å². The Morgan fingerprint density at radius 1 is 1.29 bits per heavy atom. The van der Waals surface area contributed by atoms with Crippen molar-refractivity contribution >= 4 is 28.5 Å². The van der Waals surface area contributed by atoms with Crippen LogP contribution in [0, 0.1) is 0 Å². The third-order valence-electron chi connectivity index (χ3n) is 7.28. The highest BCUT2D eigenvalue weighted by Crippen LogP contribution is 2.45. The molecule has 3 N–H and O–H groups in total. The van der Waals surface area contributed by atoms with Crippen LogP contribution in [-0.2, 0) is 36.2 Å². The van der Waals surface area contributed by atoms with Gasteiger partial charge in [0.2, 0.25) is 5.78 Å². The lowest BCUT2D eigenvalue weighted by molar-refractivity contribution is 0.0782. The zero-order valence-corrected chi connectivity index (χ0v) is 22.3. The Kier molecular flexibility index (Phi) is 6.21. The van der Waals surface area contributed by atoms with Crippen molar-refractivity contribution in [3.8, 4) is 5.69 Å². The zero-order valence-electron chi connectivity index (χ0n) is 20.6. The summed E-state index contributed by atoms with van der Waals surface area (Å²) in [6, 6.07) is 4.12. The van der Waals surface area contributed by atoms with E-state index in [1.807, 2.05) is 24.7 Å². The summed E-state index contributed by atoms with van der Waals surface area (Å²) in [7, 11) is 0. The van der Waals surface area contributed by atoms with Gasteiger partial charge < -0.3 is 9.66 Å². The number of hydrogen-bond donors (Lipinski definition) is 2. The van der Waals surface area contributed by atoms with Crippen LogP contribution in [0.5, 0.6) is 0 Å². The minimum Gasteiger partial charge on any atom is -0.598 e. The molecule has 2 aliphatic carbocycles. The number of fused-ring (bicyclic) bond motifs is 2. The molecule has 2 unspecified atom stereocenters. The molecular formula is C26H32N4O3S2. The topological polar surface area (TPSA) is 117 Å². The first-order chi connectivity index (χ1) is 16.5. The third kappa shape index (κ3) is 4.49. The molecule has 0 bridgehead atoms. The van der Waals surface area contributed by atoms with Crippen molar-refractivity contribution in [2.45, 2.75) is 82.5 Å².